The van der Waals surface area contributed by atoms with Gasteiger partial charge in [0.05, 0.1) is 5.69 Å². The molecule has 0 bridgehead atoms. The Morgan fingerprint density at radius 3 is 2.50 bits per heavy atom. The second-order valence-corrected chi connectivity index (χ2v) is 6.41. The average molecular weight is 311 g/mol. The summed E-state index contributed by atoms with van der Waals surface area (Å²) in [7, 11) is 0. The van der Waals surface area contributed by atoms with Gasteiger partial charge in [0.1, 0.15) is 0 Å². The number of hydrogen-bond donors (Lipinski definition) is 1. The van der Waals surface area contributed by atoms with E-state index in [1.54, 1.807) is 0 Å². The van der Waals surface area contributed by atoms with Crippen LogP contribution in [0.3, 0.4) is 0 Å². The van der Waals surface area contributed by atoms with Gasteiger partial charge < -0.3 is 10.6 Å². The lowest BCUT2D eigenvalue weighted by molar-refractivity contribution is 0.311. The molecule has 1 heterocycles. The van der Waals surface area contributed by atoms with Crippen LogP contribution in [0.25, 0.3) is 0 Å². The zero-order valence-electron chi connectivity index (χ0n) is 11.3. The van der Waals surface area contributed by atoms with Crippen molar-refractivity contribution in [2.45, 2.75) is 33.2 Å². The molecule has 2 nitrogen and oxygen atoms in total. The smallest absolute Gasteiger partial charge is 0.0510 e. The van der Waals surface area contributed by atoms with Crippen molar-refractivity contribution in [3.05, 3.63) is 28.2 Å². The molecule has 1 aliphatic heterocycles. The summed E-state index contributed by atoms with van der Waals surface area (Å²) >= 11 is 3.67. The molecule has 100 valence electrons. The van der Waals surface area contributed by atoms with Crippen LogP contribution in [0.15, 0.2) is 22.7 Å². The molecule has 1 aromatic rings. The van der Waals surface area contributed by atoms with Crippen molar-refractivity contribution in [3.63, 3.8) is 0 Å². The van der Waals surface area contributed by atoms with Gasteiger partial charge in [0.25, 0.3) is 0 Å². The Labute approximate surface area is 119 Å². The Kier molecular flexibility index (Phi) is 4.68. The van der Waals surface area contributed by atoms with Gasteiger partial charge in [-0.25, -0.2) is 0 Å². The number of rotatable bonds is 3. The summed E-state index contributed by atoms with van der Waals surface area (Å²) in [6.07, 6.45) is 2.62. The lowest BCUT2D eigenvalue weighted by Crippen LogP contribution is -2.35. The zero-order chi connectivity index (χ0) is 13.1. The average Bonchev–Trinajstić information content (AvgIpc) is 2.38. The summed E-state index contributed by atoms with van der Waals surface area (Å²) in [5.41, 5.74) is 8.16. The Balaban J connectivity index is 2.05. The van der Waals surface area contributed by atoms with Gasteiger partial charge >= 0.3 is 0 Å². The van der Waals surface area contributed by atoms with Crippen LogP contribution in [0, 0.1) is 11.8 Å². The Hall–Kier alpha value is -0.540. The van der Waals surface area contributed by atoms with Crippen molar-refractivity contribution in [1.29, 1.82) is 0 Å². The van der Waals surface area contributed by atoms with E-state index in [2.05, 4.69) is 52.9 Å². The van der Waals surface area contributed by atoms with Crippen molar-refractivity contribution in [3.8, 4) is 0 Å². The monoisotopic (exact) mass is 310 g/mol. The summed E-state index contributed by atoms with van der Waals surface area (Å²) in [5.74, 6) is 1.71. The van der Waals surface area contributed by atoms with Gasteiger partial charge in [-0.05, 0) is 58.3 Å². The van der Waals surface area contributed by atoms with Crippen molar-refractivity contribution in [2.24, 2.45) is 17.6 Å². The summed E-state index contributed by atoms with van der Waals surface area (Å²) in [5, 5.41) is 0. The number of piperidine rings is 1. The minimum Gasteiger partial charge on any atom is -0.371 e. The third-order valence-electron chi connectivity index (χ3n) is 4.07. The highest BCUT2D eigenvalue weighted by Crippen LogP contribution is 2.32. The first-order chi connectivity index (χ1) is 8.61. The molecule has 1 fully saturated rings. The van der Waals surface area contributed by atoms with Crippen LogP contribution < -0.4 is 10.6 Å². The first-order valence-corrected chi connectivity index (χ1v) is 7.64. The van der Waals surface area contributed by atoms with E-state index < -0.39 is 0 Å². The summed E-state index contributed by atoms with van der Waals surface area (Å²) < 4.78 is 1.17. The molecule has 1 aliphatic rings. The number of nitrogens with zero attached hydrogens (tertiary/aromatic N) is 1. The summed E-state index contributed by atoms with van der Waals surface area (Å²) in [6, 6.07) is 6.47. The first kappa shape index (κ1) is 13.9. The molecule has 0 amide bonds. The fourth-order valence-electron chi connectivity index (χ4n) is 2.74. The first-order valence-electron chi connectivity index (χ1n) is 6.85. The maximum atomic E-state index is 5.66. The lowest BCUT2D eigenvalue weighted by Gasteiger charge is -2.36. The molecular weight excluding hydrogens is 288 g/mol. The number of hydrogen-bond acceptors (Lipinski definition) is 2. The molecule has 0 aromatic heterocycles. The van der Waals surface area contributed by atoms with E-state index in [0.29, 0.717) is 6.54 Å². The van der Waals surface area contributed by atoms with Crippen molar-refractivity contribution >= 4 is 21.6 Å². The maximum absolute atomic E-state index is 5.66. The minimum absolute atomic E-state index is 0.605. The molecule has 1 aromatic carbocycles. The van der Waals surface area contributed by atoms with Crippen LogP contribution in [0.1, 0.15) is 32.3 Å². The molecule has 1 saturated heterocycles. The highest BCUT2D eigenvalue weighted by molar-refractivity contribution is 9.10. The molecule has 0 unspecified atom stereocenters. The summed E-state index contributed by atoms with van der Waals surface area (Å²) in [6.45, 7) is 7.62. The third-order valence-corrected chi connectivity index (χ3v) is 4.71. The Morgan fingerprint density at radius 1 is 1.33 bits per heavy atom. The number of halogens is 1. The van der Waals surface area contributed by atoms with E-state index >= 15 is 0 Å². The summed E-state index contributed by atoms with van der Waals surface area (Å²) in [4.78, 5) is 2.49. The zero-order valence-corrected chi connectivity index (χ0v) is 12.9. The molecule has 0 radical (unpaired) electrons. The fourth-order valence-corrected chi connectivity index (χ4v) is 3.42. The second-order valence-electron chi connectivity index (χ2n) is 5.56. The van der Waals surface area contributed by atoms with Gasteiger partial charge in [0.2, 0.25) is 0 Å². The van der Waals surface area contributed by atoms with Gasteiger partial charge in [-0.3, -0.25) is 0 Å². The molecular formula is C15H23BrN2. The van der Waals surface area contributed by atoms with Gasteiger partial charge in [0.15, 0.2) is 0 Å². The van der Waals surface area contributed by atoms with Crippen LogP contribution in [0.2, 0.25) is 0 Å². The van der Waals surface area contributed by atoms with Gasteiger partial charge in [-0.1, -0.05) is 19.9 Å². The van der Waals surface area contributed by atoms with Crippen molar-refractivity contribution in [2.75, 3.05) is 18.0 Å². The molecule has 0 saturated carbocycles. The molecule has 2 N–H and O–H groups in total. The Bertz CT molecular complexity index is 395. The van der Waals surface area contributed by atoms with Crippen LogP contribution in [0.5, 0.6) is 0 Å². The highest BCUT2D eigenvalue weighted by Gasteiger charge is 2.22. The number of benzene rings is 1. The van der Waals surface area contributed by atoms with E-state index in [9.17, 15) is 0 Å². The lowest BCUT2D eigenvalue weighted by atomic mass is 9.86. The maximum Gasteiger partial charge on any atom is 0.0510 e. The van der Waals surface area contributed by atoms with E-state index in [1.807, 2.05) is 0 Å². The highest BCUT2D eigenvalue weighted by atomic mass is 79.9. The minimum atomic E-state index is 0.605. The quantitative estimate of drug-likeness (QED) is 0.920. The fraction of sp³-hybridized carbons (Fsp3) is 0.600. The van der Waals surface area contributed by atoms with Crippen LogP contribution in [-0.2, 0) is 6.54 Å². The molecule has 18 heavy (non-hydrogen) atoms. The molecule has 3 heteroatoms. The predicted octanol–water partition coefficient (Wildman–Crippen LogP) is 3.78. The van der Waals surface area contributed by atoms with E-state index in [0.717, 1.165) is 11.8 Å². The number of anilines is 1. The van der Waals surface area contributed by atoms with Gasteiger partial charge in [-0.2, -0.15) is 0 Å². The SMILES string of the molecule is CC(C)C1CCN(c2ccc(CN)cc2Br)CC1. The predicted molar refractivity (Wildman–Crippen MR) is 81.8 cm³/mol. The van der Waals surface area contributed by atoms with E-state index in [1.165, 1.54) is 41.7 Å². The van der Waals surface area contributed by atoms with Crippen molar-refractivity contribution in [1.82, 2.24) is 0 Å². The van der Waals surface area contributed by atoms with Gasteiger partial charge in [-0.15, -0.1) is 0 Å². The number of nitrogens with two attached hydrogens (primary N) is 1. The Morgan fingerprint density at radius 2 is 2.00 bits per heavy atom. The molecule has 0 aliphatic carbocycles. The molecule has 2 rings (SSSR count). The standard InChI is InChI=1S/C15H23BrN2/c1-11(2)13-5-7-18(8-6-13)15-4-3-12(10-17)9-14(15)16/h3-4,9,11,13H,5-8,10,17H2,1-2H3. The van der Waals surface area contributed by atoms with Crippen LogP contribution in [-0.4, -0.2) is 13.1 Å². The molecule has 0 atom stereocenters. The van der Waals surface area contributed by atoms with Crippen LogP contribution >= 0.6 is 15.9 Å². The van der Waals surface area contributed by atoms with Gasteiger partial charge in [0, 0.05) is 24.1 Å². The third kappa shape index (κ3) is 3.07. The van der Waals surface area contributed by atoms with E-state index in [-0.39, 0.29) is 0 Å². The van der Waals surface area contributed by atoms with E-state index in [4.69, 9.17) is 5.73 Å². The topological polar surface area (TPSA) is 29.3 Å². The van der Waals surface area contributed by atoms with Crippen molar-refractivity contribution < 1.29 is 0 Å². The molecule has 0 spiro atoms. The van der Waals surface area contributed by atoms with Crippen LogP contribution in [0.4, 0.5) is 5.69 Å². The second kappa shape index (κ2) is 6.07. The largest absolute Gasteiger partial charge is 0.371 e. The normalized spacial score (nSPS) is 17.5.